The summed E-state index contributed by atoms with van der Waals surface area (Å²) in [5.74, 6) is -0.154. The van der Waals surface area contributed by atoms with Crippen LogP contribution in [-0.2, 0) is 11.3 Å². The molecule has 8 heteroatoms. The van der Waals surface area contributed by atoms with Crippen molar-refractivity contribution < 1.29 is 9.18 Å². The maximum Gasteiger partial charge on any atom is 0.272 e. The summed E-state index contributed by atoms with van der Waals surface area (Å²) in [5, 5.41) is 5.09. The van der Waals surface area contributed by atoms with E-state index in [1.54, 1.807) is 29.6 Å². The lowest BCUT2D eigenvalue weighted by atomic mass is 10.0. The summed E-state index contributed by atoms with van der Waals surface area (Å²) < 4.78 is 16.2. The highest BCUT2D eigenvalue weighted by Crippen LogP contribution is 2.23. The van der Waals surface area contributed by atoms with Gasteiger partial charge in [0.2, 0.25) is 5.91 Å². The number of carbonyl (C=O) groups is 1. The highest BCUT2D eigenvalue weighted by Gasteiger charge is 2.16. The number of carbonyl (C=O) groups excluding carboxylic acids is 1. The number of halogens is 1. The molecule has 4 rings (SSSR count). The van der Waals surface area contributed by atoms with Crippen LogP contribution in [-0.4, -0.2) is 21.2 Å². The predicted octanol–water partition coefficient (Wildman–Crippen LogP) is 5.50. The Labute approximate surface area is 193 Å². The molecule has 164 valence electrons. The number of anilines is 1. The molecule has 4 aromatic rings. The number of thiophene rings is 1. The third-order valence-electron chi connectivity index (χ3n) is 4.99. The molecular weight excluding hydrogens is 445 g/mol. The molecule has 0 bridgehead atoms. The molecule has 0 fully saturated rings. The van der Waals surface area contributed by atoms with Crippen LogP contribution in [0.25, 0.3) is 10.2 Å². The maximum atomic E-state index is 14.2. The third-order valence-corrected chi connectivity index (χ3v) is 6.85. The summed E-state index contributed by atoms with van der Waals surface area (Å²) in [7, 11) is 0. The van der Waals surface area contributed by atoms with Crippen molar-refractivity contribution in [2.75, 3.05) is 11.1 Å². The van der Waals surface area contributed by atoms with Crippen molar-refractivity contribution >= 4 is 44.9 Å². The number of hydrogen-bond acceptors (Lipinski definition) is 5. The minimum Gasteiger partial charge on any atom is -0.325 e. The van der Waals surface area contributed by atoms with Crippen molar-refractivity contribution in [1.82, 2.24) is 9.55 Å². The van der Waals surface area contributed by atoms with Gasteiger partial charge in [-0.05, 0) is 41.1 Å². The molecule has 0 atom stereocenters. The van der Waals surface area contributed by atoms with Gasteiger partial charge in [-0.3, -0.25) is 14.2 Å². The van der Waals surface area contributed by atoms with Crippen molar-refractivity contribution in [2.45, 2.75) is 31.5 Å². The summed E-state index contributed by atoms with van der Waals surface area (Å²) in [4.78, 5) is 30.2. The van der Waals surface area contributed by atoms with Gasteiger partial charge in [0.25, 0.3) is 5.56 Å². The lowest BCUT2D eigenvalue weighted by molar-refractivity contribution is -0.113. The van der Waals surface area contributed by atoms with Gasteiger partial charge in [-0.15, -0.1) is 11.3 Å². The van der Waals surface area contributed by atoms with Gasteiger partial charge in [-0.25, -0.2) is 9.37 Å². The second-order valence-electron chi connectivity index (χ2n) is 7.63. The Morgan fingerprint density at radius 3 is 2.78 bits per heavy atom. The van der Waals surface area contributed by atoms with Gasteiger partial charge in [-0.1, -0.05) is 55.9 Å². The Morgan fingerprint density at radius 1 is 1.19 bits per heavy atom. The first kappa shape index (κ1) is 22.2. The highest BCUT2D eigenvalue weighted by atomic mass is 32.2. The van der Waals surface area contributed by atoms with E-state index in [9.17, 15) is 14.0 Å². The summed E-state index contributed by atoms with van der Waals surface area (Å²) in [6.07, 6.45) is 0. The van der Waals surface area contributed by atoms with E-state index in [-0.39, 0.29) is 29.6 Å². The molecule has 1 amide bonds. The molecule has 0 saturated carbocycles. The normalized spacial score (nSPS) is 11.2. The van der Waals surface area contributed by atoms with Gasteiger partial charge in [0, 0.05) is 11.3 Å². The number of rotatable bonds is 7. The molecular formula is C24H22FN3O2S2. The van der Waals surface area contributed by atoms with Crippen LogP contribution in [0.15, 0.2) is 69.9 Å². The minimum atomic E-state index is -0.385. The molecule has 2 aromatic heterocycles. The van der Waals surface area contributed by atoms with E-state index < -0.39 is 0 Å². The average molecular weight is 468 g/mol. The summed E-state index contributed by atoms with van der Waals surface area (Å²) in [6, 6.07) is 15.9. The Balaban J connectivity index is 1.57. The topological polar surface area (TPSA) is 64.0 Å². The number of nitrogens with one attached hydrogen (secondary N) is 1. The maximum absolute atomic E-state index is 14.2. The molecule has 0 saturated heterocycles. The molecule has 32 heavy (non-hydrogen) atoms. The Hall–Kier alpha value is -2.97. The van der Waals surface area contributed by atoms with Crippen LogP contribution in [0.5, 0.6) is 0 Å². The molecule has 1 N–H and O–H groups in total. The first-order chi connectivity index (χ1) is 15.4. The Bertz CT molecular complexity index is 1330. The van der Waals surface area contributed by atoms with Crippen molar-refractivity contribution in [3.05, 3.63) is 87.3 Å². The van der Waals surface area contributed by atoms with E-state index in [1.807, 2.05) is 24.3 Å². The molecule has 0 aliphatic rings. The van der Waals surface area contributed by atoms with Gasteiger partial charge in [0.15, 0.2) is 5.16 Å². The second-order valence-corrected chi connectivity index (χ2v) is 9.49. The van der Waals surface area contributed by atoms with Crippen LogP contribution < -0.4 is 10.9 Å². The fourth-order valence-electron chi connectivity index (χ4n) is 3.27. The van der Waals surface area contributed by atoms with E-state index in [0.29, 0.717) is 26.9 Å². The molecule has 0 unspecified atom stereocenters. The molecule has 5 nitrogen and oxygen atoms in total. The summed E-state index contributed by atoms with van der Waals surface area (Å²) in [6.45, 7) is 4.24. The number of thioether (sulfide) groups is 1. The molecule has 2 aromatic carbocycles. The Morgan fingerprint density at radius 2 is 2.00 bits per heavy atom. The van der Waals surface area contributed by atoms with Crippen LogP contribution in [0.3, 0.4) is 0 Å². The van der Waals surface area contributed by atoms with E-state index in [0.717, 1.165) is 23.0 Å². The fourth-order valence-corrected chi connectivity index (χ4v) is 4.85. The zero-order valence-corrected chi connectivity index (χ0v) is 19.3. The molecule has 0 aliphatic carbocycles. The van der Waals surface area contributed by atoms with Crippen LogP contribution in [0, 0.1) is 5.82 Å². The average Bonchev–Trinajstić information content (AvgIpc) is 3.25. The number of amides is 1. The molecule has 0 radical (unpaired) electrons. The summed E-state index contributed by atoms with van der Waals surface area (Å²) in [5.41, 5.74) is 2.60. The first-order valence-electron chi connectivity index (χ1n) is 10.2. The van der Waals surface area contributed by atoms with Crippen LogP contribution in [0.1, 0.15) is 30.9 Å². The molecule has 0 aliphatic heterocycles. The van der Waals surface area contributed by atoms with Crippen LogP contribution in [0.4, 0.5) is 10.1 Å². The number of hydrogen-bond donors (Lipinski definition) is 1. The van der Waals surface area contributed by atoms with Gasteiger partial charge < -0.3 is 5.32 Å². The van der Waals surface area contributed by atoms with E-state index in [1.165, 1.54) is 22.0 Å². The lowest BCUT2D eigenvalue weighted by Crippen LogP contribution is -2.24. The van der Waals surface area contributed by atoms with Gasteiger partial charge >= 0.3 is 0 Å². The van der Waals surface area contributed by atoms with E-state index in [2.05, 4.69) is 24.1 Å². The number of nitrogens with zero attached hydrogens (tertiary/aromatic N) is 2. The Kier molecular flexibility index (Phi) is 6.72. The standard InChI is InChI=1S/C24H22FN3O2S2/c1-15(2)16-7-5-8-18(12-16)26-21(29)14-32-24-27-20-10-11-31-22(20)23(30)28(24)13-17-6-3-4-9-19(17)25/h3-12,15H,13-14H2,1-2H3,(H,26,29). The number of fused-ring (bicyclic) bond motifs is 1. The van der Waals surface area contributed by atoms with Crippen molar-refractivity contribution in [3.63, 3.8) is 0 Å². The largest absolute Gasteiger partial charge is 0.325 e. The highest BCUT2D eigenvalue weighted by molar-refractivity contribution is 7.99. The zero-order chi connectivity index (χ0) is 22.7. The zero-order valence-electron chi connectivity index (χ0n) is 17.7. The number of benzene rings is 2. The predicted molar refractivity (Wildman–Crippen MR) is 129 cm³/mol. The summed E-state index contributed by atoms with van der Waals surface area (Å²) >= 11 is 2.47. The SMILES string of the molecule is CC(C)c1cccc(NC(=O)CSc2nc3ccsc3c(=O)n2Cc2ccccc2F)c1. The monoisotopic (exact) mass is 467 g/mol. The van der Waals surface area contributed by atoms with Crippen molar-refractivity contribution in [2.24, 2.45) is 0 Å². The van der Waals surface area contributed by atoms with Crippen LogP contribution in [0.2, 0.25) is 0 Å². The fraction of sp³-hybridized carbons (Fsp3) is 0.208. The number of aromatic nitrogens is 2. The smallest absolute Gasteiger partial charge is 0.272 e. The van der Waals surface area contributed by atoms with Gasteiger partial charge in [0.1, 0.15) is 10.5 Å². The third kappa shape index (κ3) is 4.92. The second kappa shape index (κ2) is 9.67. The van der Waals surface area contributed by atoms with Crippen molar-refractivity contribution in [1.29, 1.82) is 0 Å². The van der Waals surface area contributed by atoms with E-state index in [4.69, 9.17) is 0 Å². The first-order valence-corrected chi connectivity index (χ1v) is 12.0. The quantitative estimate of drug-likeness (QED) is 0.288. The molecule has 0 spiro atoms. The van der Waals surface area contributed by atoms with E-state index >= 15 is 0 Å². The van der Waals surface area contributed by atoms with Crippen molar-refractivity contribution in [3.8, 4) is 0 Å². The van der Waals surface area contributed by atoms with Gasteiger partial charge in [0.05, 0.1) is 17.8 Å². The minimum absolute atomic E-state index is 0.0483. The van der Waals surface area contributed by atoms with Gasteiger partial charge in [-0.2, -0.15) is 0 Å². The lowest BCUT2D eigenvalue weighted by Gasteiger charge is -2.13. The molecule has 2 heterocycles. The van der Waals surface area contributed by atoms with Crippen LogP contribution >= 0.6 is 23.1 Å².